The quantitative estimate of drug-likeness (QED) is 0.789. The Morgan fingerprint density at radius 1 is 1.43 bits per heavy atom. The third-order valence-corrected chi connectivity index (χ3v) is 3.62. The Kier molecular flexibility index (Phi) is 5.16. The number of carboxylic acids is 1. The lowest BCUT2D eigenvalue weighted by Crippen LogP contribution is -2.44. The molecular formula is C15H21N3O3. The first-order chi connectivity index (χ1) is 10.1. The van der Waals surface area contributed by atoms with Crippen LogP contribution in [0.15, 0.2) is 24.3 Å². The van der Waals surface area contributed by atoms with Gasteiger partial charge in [0.2, 0.25) is 0 Å². The van der Waals surface area contributed by atoms with Crippen molar-refractivity contribution in [2.75, 3.05) is 25.5 Å². The molecule has 0 bridgehead atoms. The van der Waals surface area contributed by atoms with E-state index in [1.54, 1.807) is 4.90 Å². The zero-order valence-corrected chi connectivity index (χ0v) is 12.1. The maximum Gasteiger partial charge on any atom is 0.321 e. The number of likely N-dealkylation sites (tertiary alicyclic amines) is 1. The maximum atomic E-state index is 12.2. The first-order valence-corrected chi connectivity index (χ1v) is 7.12. The van der Waals surface area contributed by atoms with Crippen molar-refractivity contribution in [3.63, 3.8) is 0 Å². The molecule has 1 aromatic carbocycles. The van der Waals surface area contributed by atoms with Crippen molar-refractivity contribution in [2.45, 2.75) is 19.4 Å². The van der Waals surface area contributed by atoms with Gasteiger partial charge >= 0.3 is 12.0 Å². The average molecular weight is 291 g/mol. The monoisotopic (exact) mass is 291 g/mol. The number of piperidine rings is 1. The lowest BCUT2D eigenvalue weighted by Gasteiger charge is -2.30. The fourth-order valence-corrected chi connectivity index (χ4v) is 2.53. The minimum atomic E-state index is -0.830. The van der Waals surface area contributed by atoms with Gasteiger partial charge in [0.15, 0.2) is 0 Å². The summed E-state index contributed by atoms with van der Waals surface area (Å²) in [4.78, 5) is 24.8. The van der Waals surface area contributed by atoms with Crippen LogP contribution < -0.4 is 10.6 Å². The number of amides is 2. The SMILES string of the molecule is CNCc1cccc(NC(=O)N2CCC[C@@H](C(=O)O)C2)c1. The van der Waals surface area contributed by atoms with Crippen LogP contribution in [0.25, 0.3) is 0 Å². The smallest absolute Gasteiger partial charge is 0.321 e. The largest absolute Gasteiger partial charge is 0.481 e. The van der Waals surface area contributed by atoms with Gasteiger partial charge in [-0.3, -0.25) is 4.79 Å². The number of nitrogens with one attached hydrogen (secondary N) is 2. The average Bonchev–Trinajstić information content (AvgIpc) is 2.48. The van der Waals surface area contributed by atoms with Crippen LogP contribution >= 0.6 is 0 Å². The number of hydrogen-bond donors (Lipinski definition) is 3. The van der Waals surface area contributed by atoms with Crippen molar-refractivity contribution in [3.8, 4) is 0 Å². The maximum absolute atomic E-state index is 12.2. The van der Waals surface area contributed by atoms with Gasteiger partial charge in [0.25, 0.3) is 0 Å². The highest BCUT2D eigenvalue weighted by atomic mass is 16.4. The summed E-state index contributed by atoms with van der Waals surface area (Å²) in [5.41, 5.74) is 1.81. The molecule has 114 valence electrons. The van der Waals surface area contributed by atoms with Crippen molar-refractivity contribution in [1.82, 2.24) is 10.2 Å². The topological polar surface area (TPSA) is 81.7 Å². The van der Waals surface area contributed by atoms with E-state index in [9.17, 15) is 9.59 Å². The second kappa shape index (κ2) is 7.08. The Bertz CT molecular complexity index is 519. The van der Waals surface area contributed by atoms with Crippen molar-refractivity contribution in [3.05, 3.63) is 29.8 Å². The van der Waals surface area contributed by atoms with Crippen LogP contribution in [0, 0.1) is 5.92 Å². The number of aliphatic carboxylic acids is 1. The van der Waals surface area contributed by atoms with Gasteiger partial charge in [0.1, 0.15) is 0 Å². The molecule has 3 N–H and O–H groups in total. The molecule has 0 radical (unpaired) electrons. The number of carbonyl (C=O) groups excluding carboxylic acids is 1. The summed E-state index contributed by atoms with van der Waals surface area (Å²) < 4.78 is 0. The van der Waals surface area contributed by atoms with E-state index in [2.05, 4.69) is 10.6 Å². The second-order valence-electron chi connectivity index (χ2n) is 5.28. The first-order valence-electron chi connectivity index (χ1n) is 7.12. The summed E-state index contributed by atoms with van der Waals surface area (Å²) >= 11 is 0. The molecule has 0 unspecified atom stereocenters. The van der Waals surface area contributed by atoms with E-state index < -0.39 is 11.9 Å². The predicted octanol–water partition coefficient (Wildman–Crippen LogP) is 1.73. The molecule has 1 saturated heterocycles. The zero-order chi connectivity index (χ0) is 15.2. The number of hydrogen-bond acceptors (Lipinski definition) is 3. The van der Waals surface area contributed by atoms with Crippen LogP contribution in [-0.4, -0.2) is 42.1 Å². The van der Waals surface area contributed by atoms with E-state index in [1.807, 2.05) is 31.3 Å². The molecule has 1 aliphatic heterocycles. The molecule has 0 spiro atoms. The number of urea groups is 1. The van der Waals surface area contributed by atoms with E-state index in [1.165, 1.54) is 0 Å². The van der Waals surface area contributed by atoms with Crippen molar-refractivity contribution in [1.29, 1.82) is 0 Å². The molecule has 6 heteroatoms. The highest BCUT2D eigenvalue weighted by Crippen LogP contribution is 2.18. The second-order valence-corrected chi connectivity index (χ2v) is 5.28. The Hall–Kier alpha value is -2.08. The van der Waals surface area contributed by atoms with Crippen LogP contribution in [0.2, 0.25) is 0 Å². The van der Waals surface area contributed by atoms with E-state index in [4.69, 9.17) is 5.11 Å². The van der Waals surface area contributed by atoms with Crippen LogP contribution in [0.4, 0.5) is 10.5 Å². The number of benzene rings is 1. The molecule has 2 rings (SSSR count). The highest BCUT2D eigenvalue weighted by molar-refractivity contribution is 5.89. The molecule has 0 aliphatic carbocycles. The third-order valence-electron chi connectivity index (χ3n) is 3.62. The number of carboxylic acid groups (broad SMARTS) is 1. The molecule has 21 heavy (non-hydrogen) atoms. The van der Waals surface area contributed by atoms with Gasteiger partial charge in [-0.15, -0.1) is 0 Å². The lowest BCUT2D eigenvalue weighted by atomic mass is 9.99. The third kappa shape index (κ3) is 4.19. The molecule has 0 saturated carbocycles. The van der Waals surface area contributed by atoms with Gasteiger partial charge in [-0.05, 0) is 37.6 Å². The molecule has 0 aromatic heterocycles. The van der Waals surface area contributed by atoms with Crippen LogP contribution in [-0.2, 0) is 11.3 Å². The minimum Gasteiger partial charge on any atom is -0.481 e. The van der Waals surface area contributed by atoms with Crippen molar-refractivity contribution >= 4 is 17.7 Å². The molecular weight excluding hydrogens is 270 g/mol. The molecule has 1 atom stereocenters. The normalized spacial score (nSPS) is 18.3. The summed E-state index contributed by atoms with van der Waals surface area (Å²) in [6.45, 7) is 1.61. The summed E-state index contributed by atoms with van der Waals surface area (Å²) in [5, 5.41) is 15.0. The van der Waals surface area contributed by atoms with Gasteiger partial charge in [0, 0.05) is 25.3 Å². The number of anilines is 1. The van der Waals surface area contributed by atoms with Crippen LogP contribution in [0.5, 0.6) is 0 Å². The van der Waals surface area contributed by atoms with Gasteiger partial charge in [-0.2, -0.15) is 0 Å². The Labute approximate surface area is 124 Å². The standard InChI is InChI=1S/C15H21N3O3/c1-16-9-11-4-2-6-13(8-11)17-15(21)18-7-3-5-12(10-18)14(19)20/h2,4,6,8,12,16H,3,5,7,9-10H2,1H3,(H,17,21)(H,19,20)/t12-/m1/s1. The van der Waals surface area contributed by atoms with E-state index >= 15 is 0 Å². The molecule has 6 nitrogen and oxygen atoms in total. The fourth-order valence-electron chi connectivity index (χ4n) is 2.53. The van der Waals surface area contributed by atoms with Gasteiger partial charge in [-0.25, -0.2) is 4.79 Å². The van der Waals surface area contributed by atoms with Crippen molar-refractivity contribution < 1.29 is 14.7 Å². The van der Waals surface area contributed by atoms with Gasteiger partial charge in [0.05, 0.1) is 5.92 Å². The molecule has 1 aromatic rings. The molecule has 1 aliphatic rings. The first kappa shape index (κ1) is 15.3. The summed E-state index contributed by atoms with van der Waals surface area (Å²) in [6.07, 6.45) is 1.36. The number of nitrogens with zero attached hydrogens (tertiary/aromatic N) is 1. The minimum absolute atomic E-state index is 0.234. The van der Waals surface area contributed by atoms with Crippen LogP contribution in [0.1, 0.15) is 18.4 Å². The number of rotatable bonds is 4. The lowest BCUT2D eigenvalue weighted by molar-refractivity contribution is -0.143. The fraction of sp³-hybridized carbons (Fsp3) is 0.467. The van der Waals surface area contributed by atoms with E-state index in [-0.39, 0.29) is 12.6 Å². The Balaban J connectivity index is 1.97. The number of carbonyl (C=O) groups is 2. The molecule has 2 amide bonds. The molecule has 1 heterocycles. The summed E-state index contributed by atoms with van der Waals surface area (Å²) in [5.74, 6) is -1.29. The molecule has 1 fully saturated rings. The predicted molar refractivity (Wildman–Crippen MR) is 80.2 cm³/mol. The van der Waals surface area contributed by atoms with Gasteiger partial charge in [-0.1, -0.05) is 12.1 Å². The van der Waals surface area contributed by atoms with Crippen LogP contribution in [0.3, 0.4) is 0 Å². The zero-order valence-electron chi connectivity index (χ0n) is 12.1. The Morgan fingerprint density at radius 2 is 2.24 bits per heavy atom. The van der Waals surface area contributed by atoms with E-state index in [0.29, 0.717) is 13.0 Å². The van der Waals surface area contributed by atoms with E-state index in [0.717, 1.165) is 24.2 Å². The Morgan fingerprint density at radius 3 is 2.95 bits per heavy atom. The summed E-state index contributed by atoms with van der Waals surface area (Å²) in [7, 11) is 1.87. The van der Waals surface area contributed by atoms with Gasteiger partial charge < -0.3 is 20.6 Å². The van der Waals surface area contributed by atoms with Crippen molar-refractivity contribution in [2.24, 2.45) is 5.92 Å². The summed E-state index contributed by atoms with van der Waals surface area (Å²) in [6, 6.07) is 7.37. The highest BCUT2D eigenvalue weighted by Gasteiger charge is 2.28.